The molecule has 0 aromatic carbocycles. The second-order valence-corrected chi connectivity index (χ2v) is 4.02. The maximum Gasteiger partial charge on any atom is 0.0699 e. The van der Waals surface area contributed by atoms with Crippen LogP contribution in [0.2, 0.25) is 5.82 Å². The van der Waals surface area contributed by atoms with Gasteiger partial charge >= 0.3 is 0 Å². The molecule has 2 aliphatic carbocycles. The van der Waals surface area contributed by atoms with E-state index in [0.717, 1.165) is 11.8 Å². The van der Waals surface area contributed by atoms with Gasteiger partial charge in [-0.1, -0.05) is 37.9 Å². The summed E-state index contributed by atoms with van der Waals surface area (Å²) in [6.07, 6.45) is 8.38. The summed E-state index contributed by atoms with van der Waals surface area (Å²) in [4.78, 5) is 0. The molecule has 10 heavy (non-hydrogen) atoms. The molecule has 3 atom stereocenters. The molecule has 2 saturated carbocycles. The second kappa shape index (κ2) is 2.60. The molecule has 0 heterocycles. The molecular weight excluding hydrogens is 119 g/mol. The minimum atomic E-state index is 0.529. The van der Waals surface area contributed by atoms with Gasteiger partial charge in [0.2, 0.25) is 0 Å². The minimum absolute atomic E-state index is 0.529. The van der Waals surface area contributed by atoms with E-state index in [-0.39, 0.29) is 0 Å². The van der Waals surface area contributed by atoms with Crippen LogP contribution in [0, 0.1) is 11.8 Å². The van der Waals surface area contributed by atoms with Crippen LogP contribution in [0.5, 0.6) is 0 Å². The van der Waals surface area contributed by atoms with Crippen LogP contribution < -0.4 is 0 Å². The summed E-state index contributed by atoms with van der Waals surface area (Å²) >= 11 is 0. The average Bonchev–Trinajstić information content (AvgIpc) is 2.59. The third-order valence-electron chi connectivity index (χ3n) is 3.13. The first kappa shape index (κ1) is 6.76. The molecule has 2 rings (SSSR count). The van der Waals surface area contributed by atoms with Gasteiger partial charge in [0.05, 0.1) is 7.85 Å². The monoisotopic (exact) mass is 134 g/mol. The van der Waals surface area contributed by atoms with Gasteiger partial charge in [-0.15, -0.1) is 0 Å². The fourth-order valence-electron chi connectivity index (χ4n) is 2.23. The Labute approximate surface area is 64.8 Å². The molecule has 0 N–H and O–H groups in total. The predicted octanol–water partition coefficient (Wildman–Crippen LogP) is 2.54. The molecule has 2 fully saturated rings. The first-order valence-electron chi connectivity index (χ1n) is 4.62. The van der Waals surface area contributed by atoms with Crippen LogP contribution in [0.25, 0.3) is 0 Å². The smallest absolute Gasteiger partial charge is 0.0699 e. The Morgan fingerprint density at radius 1 is 0.900 bits per heavy atom. The maximum atomic E-state index is 5.88. The molecule has 0 aromatic rings. The van der Waals surface area contributed by atoms with E-state index >= 15 is 0 Å². The summed E-state index contributed by atoms with van der Waals surface area (Å²) in [6.45, 7) is 0. The maximum absolute atomic E-state index is 5.88. The summed E-state index contributed by atoms with van der Waals surface area (Å²) in [5, 5.41) is 0. The first-order chi connectivity index (χ1) is 4.86. The highest BCUT2D eigenvalue weighted by Gasteiger charge is 2.36. The zero-order valence-electron chi connectivity index (χ0n) is 6.55. The van der Waals surface area contributed by atoms with Crippen LogP contribution in [0.3, 0.4) is 0 Å². The largest absolute Gasteiger partial charge is 0.0774 e. The van der Waals surface area contributed by atoms with Crippen LogP contribution in [0.15, 0.2) is 0 Å². The Morgan fingerprint density at radius 2 is 1.70 bits per heavy atom. The highest BCUT2D eigenvalue weighted by Crippen LogP contribution is 2.48. The summed E-state index contributed by atoms with van der Waals surface area (Å²) in [5.74, 6) is 2.74. The topological polar surface area (TPSA) is 0 Å². The van der Waals surface area contributed by atoms with Gasteiger partial charge in [0, 0.05) is 0 Å². The normalized spacial score (nSPS) is 47.0. The molecule has 0 spiro atoms. The van der Waals surface area contributed by atoms with Gasteiger partial charge in [0.1, 0.15) is 0 Å². The lowest BCUT2D eigenvalue weighted by molar-refractivity contribution is 0.485. The van der Waals surface area contributed by atoms with E-state index < -0.39 is 0 Å². The van der Waals surface area contributed by atoms with Gasteiger partial charge in [0.25, 0.3) is 0 Å². The Morgan fingerprint density at radius 3 is 2.60 bits per heavy atom. The number of rotatable bonds is 0. The van der Waals surface area contributed by atoms with Crippen LogP contribution >= 0.6 is 0 Å². The van der Waals surface area contributed by atoms with Crippen LogP contribution in [0.4, 0.5) is 0 Å². The van der Waals surface area contributed by atoms with Crippen LogP contribution in [-0.2, 0) is 0 Å². The van der Waals surface area contributed by atoms with Crippen molar-refractivity contribution in [2.45, 2.75) is 44.3 Å². The van der Waals surface area contributed by atoms with Crippen molar-refractivity contribution in [1.29, 1.82) is 0 Å². The molecule has 0 bridgehead atoms. The van der Waals surface area contributed by atoms with Crippen molar-refractivity contribution in [2.75, 3.05) is 0 Å². The average molecular weight is 134 g/mol. The summed E-state index contributed by atoms with van der Waals surface area (Å²) in [7, 11) is 5.88. The molecule has 0 aliphatic heterocycles. The second-order valence-electron chi connectivity index (χ2n) is 4.02. The molecular formula is C9H15B. The molecule has 0 aromatic heterocycles. The van der Waals surface area contributed by atoms with E-state index in [2.05, 4.69) is 0 Å². The van der Waals surface area contributed by atoms with Crippen molar-refractivity contribution in [3.8, 4) is 0 Å². The molecule has 2 radical (unpaired) electrons. The lowest BCUT2D eigenvalue weighted by Crippen LogP contribution is -1.98. The van der Waals surface area contributed by atoms with Gasteiger partial charge < -0.3 is 0 Å². The zero-order valence-corrected chi connectivity index (χ0v) is 6.55. The van der Waals surface area contributed by atoms with E-state index in [0.29, 0.717) is 5.82 Å². The van der Waals surface area contributed by atoms with E-state index in [1.165, 1.54) is 38.5 Å². The van der Waals surface area contributed by atoms with E-state index in [9.17, 15) is 0 Å². The number of hydrogen-bond donors (Lipinski definition) is 0. The molecule has 3 unspecified atom stereocenters. The molecule has 0 amide bonds. The van der Waals surface area contributed by atoms with Gasteiger partial charge in [0.15, 0.2) is 0 Å². The fraction of sp³-hybridized carbons (Fsp3) is 1.00. The van der Waals surface area contributed by atoms with Gasteiger partial charge in [-0.3, -0.25) is 0 Å². The Kier molecular flexibility index (Phi) is 1.75. The highest BCUT2D eigenvalue weighted by molar-refractivity contribution is 6.11. The molecule has 2 aliphatic rings. The van der Waals surface area contributed by atoms with Crippen molar-refractivity contribution >= 4 is 7.85 Å². The van der Waals surface area contributed by atoms with E-state index in [4.69, 9.17) is 7.85 Å². The minimum Gasteiger partial charge on any atom is -0.0774 e. The van der Waals surface area contributed by atoms with Crippen LogP contribution in [0.1, 0.15) is 38.5 Å². The quantitative estimate of drug-likeness (QED) is 0.446. The first-order valence-corrected chi connectivity index (χ1v) is 4.62. The van der Waals surface area contributed by atoms with Crippen molar-refractivity contribution < 1.29 is 0 Å². The summed E-state index contributed by atoms with van der Waals surface area (Å²) < 4.78 is 0. The SMILES string of the molecule is [B]C1CCCC2CC2CC1. The number of hydrogen-bond acceptors (Lipinski definition) is 0. The summed E-state index contributed by atoms with van der Waals surface area (Å²) in [5.41, 5.74) is 0. The molecule has 54 valence electrons. The van der Waals surface area contributed by atoms with E-state index in [1.807, 2.05) is 0 Å². The fourth-order valence-corrected chi connectivity index (χ4v) is 2.23. The molecule has 0 saturated heterocycles. The van der Waals surface area contributed by atoms with Crippen LogP contribution in [-0.4, -0.2) is 7.85 Å². The van der Waals surface area contributed by atoms with E-state index in [1.54, 1.807) is 0 Å². The lowest BCUT2D eigenvalue weighted by atomic mass is 9.77. The van der Waals surface area contributed by atoms with Crippen molar-refractivity contribution in [2.24, 2.45) is 11.8 Å². The van der Waals surface area contributed by atoms with Crippen molar-refractivity contribution in [3.63, 3.8) is 0 Å². The molecule has 0 nitrogen and oxygen atoms in total. The Bertz CT molecular complexity index is 120. The third kappa shape index (κ3) is 1.38. The van der Waals surface area contributed by atoms with Gasteiger partial charge in [-0.05, 0) is 18.3 Å². The van der Waals surface area contributed by atoms with Gasteiger partial charge in [-0.25, -0.2) is 0 Å². The summed E-state index contributed by atoms with van der Waals surface area (Å²) in [6, 6.07) is 0. The lowest BCUT2D eigenvalue weighted by Gasteiger charge is -2.13. The highest BCUT2D eigenvalue weighted by atomic mass is 14.4. The third-order valence-corrected chi connectivity index (χ3v) is 3.13. The van der Waals surface area contributed by atoms with Gasteiger partial charge in [-0.2, -0.15) is 0 Å². The Hall–Kier alpha value is 0.0649. The zero-order chi connectivity index (χ0) is 6.97. The van der Waals surface area contributed by atoms with Crippen molar-refractivity contribution in [3.05, 3.63) is 0 Å². The Balaban J connectivity index is 1.83. The standard InChI is InChI=1S/C9H15B/c10-9-3-1-2-7-6-8(7)4-5-9/h7-9H,1-6H2. The number of fused-ring (bicyclic) bond motifs is 1. The van der Waals surface area contributed by atoms with Crippen molar-refractivity contribution in [1.82, 2.24) is 0 Å². The predicted molar refractivity (Wildman–Crippen MR) is 44.2 cm³/mol. The molecule has 1 heteroatoms.